The molecule has 0 spiro atoms. The summed E-state index contributed by atoms with van der Waals surface area (Å²) < 4.78 is 4.62. The summed E-state index contributed by atoms with van der Waals surface area (Å²) in [7, 11) is 1.34. The summed E-state index contributed by atoms with van der Waals surface area (Å²) in [6, 6.07) is 9.98. The highest BCUT2D eigenvalue weighted by Gasteiger charge is 2.07. The normalized spacial score (nSPS) is 9.95. The topological polar surface area (TPSA) is 109 Å². The average molecular weight is 288 g/mol. The number of carbonyl (C=O) groups excluding carboxylic acids is 2. The lowest BCUT2D eigenvalue weighted by Gasteiger charge is -2.07. The number of aromatic nitrogens is 1. The molecular weight excluding hydrogens is 272 g/mol. The van der Waals surface area contributed by atoms with Crippen LogP contribution in [0.1, 0.15) is 16.2 Å². The van der Waals surface area contributed by atoms with Gasteiger partial charge < -0.3 is 26.1 Å². The lowest BCUT2D eigenvalue weighted by molar-refractivity contribution is 0.0594. The van der Waals surface area contributed by atoms with Crippen LogP contribution in [0, 0.1) is 0 Å². The molecule has 21 heavy (non-hydrogen) atoms. The molecule has 0 aliphatic rings. The summed E-state index contributed by atoms with van der Waals surface area (Å²) in [5, 5.41) is 5.67. The van der Waals surface area contributed by atoms with Gasteiger partial charge in [-0.15, -0.1) is 0 Å². The molecule has 7 nitrogen and oxygen atoms in total. The molecular formula is C14H16N4O3. The lowest BCUT2D eigenvalue weighted by Crippen LogP contribution is -2.19. The first-order chi connectivity index (χ1) is 10.1. The van der Waals surface area contributed by atoms with Crippen molar-refractivity contribution in [3.8, 4) is 0 Å². The molecule has 0 atom stereocenters. The minimum absolute atomic E-state index is 0.400. The number of rotatable bonds is 5. The Morgan fingerprint density at radius 1 is 1.14 bits per heavy atom. The van der Waals surface area contributed by atoms with E-state index in [2.05, 4.69) is 20.4 Å². The van der Waals surface area contributed by atoms with E-state index in [1.165, 1.54) is 7.11 Å². The summed E-state index contributed by atoms with van der Waals surface area (Å²) in [5.41, 5.74) is 7.80. The molecule has 0 aliphatic carbocycles. The van der Waals surface area contributed by atoms with Crippen LogP contribution >= 0.6 is 0 Å². The molecule has 5 N–H and O–H groups in total. The molecule has 110 valence electrons. The van der Waals surface area contributed by atoms with E-state index in [0.717, 1.165) is 11.4 Å². The van der Waals surface area contributed by atoms with Gasteiger partial charge in [0.1, 0.15) is 5.69 Å². The van der Waals surface area contributed by atoms with E-state index in [1.54, 1.807) is 18.2 Å². The number of ether oxygens (including phenoxy) is 1. The molecule has 1 heterocycles. The predicted molar refractivity (Wildman–Crippen MR) is 79.1 cm³/mol. The van der Waals surface area contributed by atoms with Gasteiger partial charge in [0.15, 0.2) is 0 Å². The fraction of sp³-hybridized carbons (Fsp3) is 0.143. The van der Waals surface area contributed by atoms with E-state index in [0.29, 0.717) is 17.9 Å². The van der Waals surface area contributed by atoms with Gasteiger partial charge >= 0.3 is 12.0 Å². The van der Waals surface area contributed by atoms with E-state index in [1.807, 2.05) is 18.2 Å². The van der Waals surface area contributed by atoms with Crippen LogP contribution < -0.4 is 16.4 Å². The van der Waals surface area contributed by atoms with E-state index in [9.17, 15) is 9.59 Å². The number of nitrogens with two attached hydrogens (primary N) is 1. The summed E-state index contributed by atoms with van der Waals surface area (Å²) in [4.78, 5) is 25.0. The van der Waals surface area contributed by atoms with Crippen molar-refractivity contribution in [2.45, 2.75) is 6.54 Å². The van der Waals surface area contributed by atoms with Crippen LogP contribution in [0.3, 0.4) is 0 Å². The maximum atomic E-state index is 11.3. The standard InChI is InChI=1S/C14H16N4O3/c1-21-13(19)12-7-6-11(17-12)8-16-9-2-4-10(5-3-9)18-14(15)20/h2-7,16-17H,8H2,1H3,(H3,15,18,20). The average Bonchev–Trinajstić information content (AvgIpc) is 2.94. The number of amides is 2. The summed E-state index contributed by atoms with van der Waals surface area (Å²) in [6.45, 7) is 0.527. The maximum absolute atomic E-state index is 11.3. The van der Waals surface area contributed by atoms with Crippen molar-refractivity contribution in [2.24, 2.45) is 5.73 Å². The molecule has 7 heteroatoms. The molecule has 0 radical (unpaired) electrons. The minimum atomic E-state index is -0.600. The van der Waals surface area contributed by atoms with Gasteiger partial charge in [-0.1, -0.05) is 0 Å². The number of aromatic amines is 1. The molecule has 0 saturated carbocycles. The first kappa shape index (κ1) is 14.4. The van der Waals surface area contributed by atoms with E-state index in [4.69, 9.17) is 5.73 Å². The van der Waals surface area contributed by atoms with Crippen LogP contribution in [0.4, 0.5) is 16.2 Å². The summed E-state index contributed by atoms with van der Waals surface area (Å²) in [5.74, 6) is -0.400. The minimum Gasteiger partial charge on any atom is -0.464 e. The van der Waals surface area contributed by atoms with Gasteiger partial charge in [-0.25, -0.2) is 9.59 Å². The molecule has 0 bridgehead atoms. The Bertz CT molecular complexity index is 634. The third-order valence-electron chi connectivity index (χ3n) is 2.79. The number of carbonyl (C=O) groups is 2. The van der Waals surface area contributed by atoms with E-state index in [-0.39, 0.29) is 0 Å². The van der Waals surface area contributed by atoms with Gasteiger partial charge in [0.2, 0.25) is 0 Å². The van der Waals surface area contributed by atoms with Gasteiger partial charge in [0.25, 0.3) is 0 Å². The van der Waals surface area contributed by atoms with Gasteiger partial charge in [-0.3, -0.25) is 0 Å². The molecule has 1 aromatic carbocycles. The van der Waals surface area contributed by atoms with Crippen molar-refractivity contribution in [3.63, 3.8) is 0 Å². The van der Waals surface area contributed by atoms with Crippen LogP contribution in [0.2, 0.25) is 0 Å². The SMILES string of the molecule is COC(=O)c1ccc(CNc2ccc(NC(N)=O)cc2)[nH]1. The lowest BCUT2D eigenvalue weighted by atomic mass is 10.2. The summed E-state index contributed by atoms with van der Waals surface area (Å²) in [6.07, 6.45) is 0. The number of H-pyrrole nitrogens is 1. The van der Waals surface area contributed by atoms with E-state index >= 15 is 0 Å². The fourth-order valence-electron chi connectivity index (χ4n) is 1.78. The van der Waals surface area contributed by atoms with Crippen LogP contribution in [0.5, 0.6) is 0 Å². The third kappa shape index (κ3) is 4.00. The van der Waals surface area contributed by atoms with Crippen molar-refractivity contribution < 1.29 is 14.3 Å². The smallest absolute Gasteiger partial charge is 0.354 e. The highest BCUT2D eigenvalue weighted by Crippen LogP contribution is 2.14. The molecule has 2 amide bonds. The zero-order chi connectivity index (χ0) is 15.2. The Hall–Kier alpha value is -2.96. The molecule has 2 aromatic rings. The molecule has 0 fully saturated rings. The predicted octanol–water partition coefficient (Wildman–Crippen LogP) is 1.90. The van der Waals surface area contributed by atoms with Gasteiger partial charge in [0, 0.05) is 17.1 Å². The Labute approximate surface area is 121 Å². The molecule has 2 rings (SSSR count). The van der Waals surface area contributed by atoms with Crippen LogP contribution in [-0.2, 0) is 11.3 Å². The van der Waals surface area contributed by atoms with Crippen LogP contribution in [0.15, 0.2) is 36.4 Å². The van der Waals surface area contributed by atoms with Gasteiger partial charge in [-0.2, -0.15) is 0 Å². The monoisotopic (exact) mass is 288 g/mol. The van der Waals surface area contributed by atoms with Crippen molar-refractivity contribution in [2.75, 3.05) is 17.7 Å². The van der Waals surface area contributed by atoms with Crippen LogP contribution in [-0.4, -0.2) is 24.1 Å². The van der Waals surface area contributed by atoms with Crippen molar-refractivity contribution in [1.29, 1.82) is 0 Å². The number of urea groups is 1. The number of anilines is 2. The molecule has 0 unspecified atom stereocenters. The Morgan fingerprint density at radius 2 is 1.81 bits per heavy atom. The Kier molecular flexibility index (Phi) is 4.45. The third-order valence-corrected chi connectivity index (χ3v) is 2.79. The first-order valence-corrected chi connectivity index (χ1v) is 6.25. The second-order valence-electron chi connectivity index (χ2n) is 4.31. The molecule has 1 aromatic heterocycles. The largest absolute Gasteiger partial charge is 0.464 e. The number of primary amides is 1. The molecule has 0 aliphatic heterocycles. The van der Waals surface area contributed by atoms with Crippen LogP contribution in [0.25, 0.3) is 0 Å². The second kappa shape index (κ2) is 6.47. The first-order valence-electron chi connectivity index (χ1n) is 6.25. The zero-order valence-corrected chi connectivity index (χ0v) is 11.5. The van der Waals surface area contributed by atoms with E-state index < -0.39 is 12.0 Å². The number of hydrogen-bond donors (Lipinski definition) is 4. The van der Waals surface area contributed by atoms with Crippen molar-refractivity contribution in [3.05, 3.63) is 47.8 Å². The number of hydrogen-bond acceptors (Lipinski definition) is 4. The summed E-state index contributed by atoms with van der Waals surface area (Å²) >= 11 is 0. The maximum Gasteiger partial charge on any atom is 0.354 e. The second-order valence-corrected chi connectivity index (χ2v) is 4.31. The molecule has 0 saturated heterocycles. The van der Waals surface area contributed by atoms with Gasteiger partial charge in [0.05, 0.1) is 13.7 Å². The van der Waals surface area contributed by atoms with Crippen molar-refractivity contribution in [1.82, 2.24) is 4.98 Å². The van der Waals surface area contributed by atoms with Gasteiger partial charge in [-0.05, 0) is 36.4 Å². The highest BCUT2D eigenvalue weighted by atomic mass is 16.5. The quantitative estimate of drug-likeness (QED) is 0.630. The zero-order valence-electron chi connectivity index (χ0n) is 11.5. The number of esters is 1. The number of nitrogens with one attached hydrogen (secondary N) is 3. The fourth-order valence-corrected chi connectivity index (χ4v) is 1.78. The number of benzene rings is 1. The Morgan fingerprint density at radius 3 is 2.43 bits per heavy atom. The Balaban J connectivity index is 1.92. The van der Waals surface area contributed by atoms with Crippen molar-refractivity contribution >= 4 is 23.4 Å². The number of methoxy groups -OCH3 is 1. The highest BCUT2D eigenvalue weighted by molar-refractivity contribution is 5.88.